The Labute approximate surface area is 205 Å². The van der Waals surface area contributed by atoms with E-state index in [4.69, 9.17) is 39.5 Å². The molecular formula is C24H16Cl3N3O3. The molecule has 166 valence electrons. The number of ether oxygens (including phenoxy) is 1. The van der Waals surface area contributed by atoms with Crippen molar-refractivity contribution in [2.24, 2.45) is 0 Å². The third-order valence-electron chi connectivity index (χ3n) is 4.25. The summed E-state index contributed by atoms with van der Waals surface area (Å²) < 4.78 is 5.61. The molecule has 6 nitrogen and oxygen atoms in total. The number of rotatable bonds is 7. The van der Waals surface area contributed by atoms with Crippen molar-refractivity contribution in [3.05, 3.63) is 92.9 Å². The SMILES string of the molecule is N#C/C(=C/c1cc(Cl)ccc1OCC(=O)Nc1ccccc1Cl)C(=O)Nc1ccc(Cl)cc1. The van der Waals surface area contributed by atoms with Gasteiger partial charge in [-0.05, 0) is 60.7 Å². The topological polar surface area (TPSA) is 91.2 Å². The number of halogens is 3. The smallest absolute Gasteiger partial charge is 0.266 e. The first kappa shape index (κ1) is 24.1. The maximum Gasteiger partial charge on any atom is 0.266 e. The Morgan fingerprint density at radius 2 is 1.64 bits per heavy atom. The predicted molar refractivity (Wildman–Crippen MR) is 131 cm³/mol. The number of nitrogens with zero attached hydrogens (tertiary/aromatic N) is 1. The molecule has 3 aromatic rings. The summed E-state index contributed by atoms with van der Waals surface area (Å²) in [5.41, 5.74) is 1.10. The lowest BCUT2D eigenvalue weighted by Gasteiger charge is -2.11. The maximum atomic E-state index is 12.5. The summed E-state index contributed by atoms with van der Waals surface area (Å²) in [5.74, 6) is -0.795. The molecule has 0 fully saturated rings. The van der Waals surface area contributed by atoms with Crippen molar-refractivity contribution in [2.45, 2.75) is 0 Å². The Morgan fingerprint density at radius 1 is 0.939 bits per heavy atom. The van der Waals surface area contributed by atoms with Crippen LogP contribution in [0.3, 0.4) is 0 Å². The number of benzene rings is 3. The third kappa shape index (κ3) is 6.99. The summed E-state index contributed by atoms with van der Waals surface area (Å²) in [6, 6.07) is 19.8. The summed E-state index contributed by atoms with van der Waals surface area (Å²) in [7, 11) is 0. The van der Waals surface area contributed by atoms with Crippen LogP contribution in [-0.4, -0.2) is 18.4 Å². The average molecular weight is 501 g/mol. The molecule has 0 unspecified atom stereocenters. The highest BCUT2D eigenvalue weighted by molar-refractivity contribution is 6.33. The summed E-state index contributed by atoms with van der Waals surface area (Å²) in [6.07, 6.45) is 1.33. The van der Waals surface area contributed by atoms with Crippen molar-refractivity contribution in [3.63, 3.8) is 0 Å². The van der Waals surface area contributed by atoms with E-state index in [1.165, 1.54) is 12.1 Å². The first-order valence-corrected chi connectivity index (χ1v) is 10.6. The van der Waals surface area contributed by atoms with Gasteiger partial charge in [0.1, 0.15) is 17.4 Å². The molecule has 3 rings (SSSR count). The van der Waals surface area contributed by atoms with Gasteiger partial charge in [0.2, 0.25) is 0 Å². The van der Waals surface area contributed by atoms with E-state index in [0.717, 1.165) is 0 Å². The Bertz CT molecular complexity index is 1250. The summed E-state index contributed by atoms with van der Waals surface area (Å²) in [4.78, 5) is 24.8. The molecule has 0 aliphatic heterocycles. The summed E-state index contributed by atoms with van der Waals surface area (Å²) in [5, 5.41) is 16.0. The zero-order chi connectivity index (χ0) is 23.8. The molecule has 0 bridgehead atoms. The number of hydrogen-bond acceptors (Lipinski definition) is 4. The number of carbonyl (C=O) groups is 2. The van der Waals surface area contributed by atoms with Gasteiger partial charge in [-0.25, -0.2) is 0 Å². The van der Waals surface area contributed by atoms with E-state index in [0.29, 0.717) is 32.0 Å². The predicted octanol–water partition coefficient (Wildman–Crippen LogP) is 6.21. The number of amides is 2. The van der Waals surface area contributed by atoms with Gasteiger partial charge in [-0.15, -0.1) is 0 Å². The number of hydrogen-bond donors (Lipinski definition) is 2. The maximum absolute atomic E-state index is 12.5. The normalized spacial score (nSPS) is 10.8. The van der Waals surface area contributed by atoms with Crippen LogP contribution in [0.2, 0.25) is 15.1 Å². The first-order chi connectivity index (χ1) is 15.9. The number of nitriles is 1. The molecular weight excluding hydrogens is 485 g/mol. The second kappa shape index (κ2) is 11.4. The minimum Gasteiger partial charge on any atom is -0.483 e. The van der Waals surface area contributed by atoms with Crippen LogP contribution in [0.4, 0.5) is 11.4 Å². The quantitative estimate of drug-likeness (QED) is 0.298. The van der Waals surface area contributed by atoms with Crippen LogP contribution in [0.15, 0.2) is 72.3 Å². The molecule has 0 saturated heterocycles. The highest BCUT2D eigenvalue weighted by atomic mass is 35.5. The second-order valence-corrected chi connectivity index (χ2v) is 7.91. The van der Waals surface area contributed by atoms with E-state index in [1.807, 2.05) is 6.07 Å². The fourth-order valence-electron chi connectivity index (χ4n) is 2.69. The van der Waals surface area contributed by atoms with Gasteiger partial charge in [-0.2, -0.15) is 5.26 Å². The molecule has 33 heavy (non-hydrogen) atoms. The highest BCUT2D eigenvalue weighted by Crippen LogP contribution is 2.26. The zero-order valence-corrected chi connectivity index (χ0v) is 19.2. The first-order valence-electron chi connectivity index (χ1n) is 9.51. The summed E-state index contributed by atoms with van der Waals surface area (Å²) in [6.45, 7) is -0.327. The van der Waals surface area contributed by atoms with Crippen molar-refractivity contribution in [3.8, 4) is 11.8 Å². The van der Waals surface area contributed by atoms with Crippen molar-refractivity contribution in [1.29, 1.82) is 5.26 Å². The van der Waals surface area contributed by atoms with E-state index >= 15 is 0 Å². The lowest BCUT2D eigenvalue weighted by molar-refractivity contribution is -0.118. The average Bonchev–Trinajstić information content (AvgIpc) is 2.79. The molecule has 2 amide bonds. The zero-order valence-electron chi connectivity index (χ0n) is 16.9. The van der Waals surface area contributed by atoms with Gasteiger partial charge in [0.05, 0.1) is 10.7 Å². The molecule has 0 radical (unpaired) electrons. The molecule has 0 heterocycles. The molecule has 9 heteroatoms. The summed E-state index contributed by atoms with van der Waals surface area (Å²) >= 11 is 18.0. The van der Waals surface area contributed by atoms with Gasteiger partial charge >= 0.3 is 0 Å². The number of anilines is 2. The van der Waals surface area contributed by atoms with Crippen LogP contribution in [0.5, 0.6) is 5.75 Å². The molecule has 2 N–H and O–H groups in total. The van der Waals surface area contributed by atoms with Gasteiger partial charge in [0.15, 0.2) is 6.61 Å². The van der Waals surface area contributed by atoms with Crippen molar-refractivity contribution < 1.29 is 14.3 Å². The van der Waals surface area contributed by atoms with Crippen molar-refractivity contribution in [1.82, 2.24) is 0 Å². The Hall–Kier alpha value is -3.50. The minimum absolute atomic E-state index is 0.183. The molecule has 0 spiro atoms. The monoisotopic (exact) mass is 499 g/mol. The minimum atomic E-state index is -0.623. The standard InChI is InChI=1S/C24H16Cl3N3O3/c25-17-5-8-19(9-6-17)29-24(32)16(13-28)11-15-12-18(26)7-10-22(15)33-14-23(31)30-21-4-2-1-3-20(21)27/h1-12H,14H2,(H,29,32)(H,30,31)/b16-11-. The lowest BCUT2D eigenvalue weighted by Crippen LogP contribution is -2.20. The Kier molecular flexibility index (Phi) is 8.34. The van der Waals surface area contributed by atoms with Gasteiger partial charge in [-0.3, -0.25) is 9.59 Å². The molecule has 0 aliphatic carbocycles. The molecule has 0 atom stereocenters. The number of nitrogens with one attached hydrogen (secondary N) is 2. The molecule has 3 aromatic carbocycles. The number of para-hydroxylation sites is 1. The van der Waals surface area contributed by atoms with E-state index < -0.39 is 11.8 Å². The van der Waals surface area contributed by atoms with E-state index in [2.05, 4.69) is 10.6 Å². The van der Waals surface area contributed by atoms with Crippen LogP contribution < -0.4 is 15.4 Å². The third-order valence-corrected chi connectivity index (χ3v) is 5.06. The molecule has 0 aliphatic rings. The van der Waals surface area contributed by atoms with Crippen molar-refractivity contribution >= 4 is 64.1 Å². The van der Waals surface area contributed by atoms with E-state index in [-0.39, 0.29) is 17.9 Å². The van der Waals surface area contributed by atoms with Crippen LogP contribution in [0.25, 0.3) is 6.08 Å². The van der Waals surface area contributed by atoms with Crippen LogP contribution >= 0.6 is 34.8 Å². The fourth-order valence-corrected chi connectivity index (χ4v) is 3.18. The van der Waals surface area contributed by atoms with Crippen LogP contribution in [0.1, 0.15) is 5.56 Å². The molecule has 0 saturated carbocycles. The number of carbonyl (C=O) groups excluding carboxylic acids is 2. The van der Waals surface area contributed by atoms with Gasteiger partial charge in [-0.1, -0.05) is 46.9 Å². The Balaban J connectivity index is 1.75. The largest absolute Gasteiger partial charge is 0.483 e. The van der Waals surface area contributed by atoms with Gasteiger partial charge in [0.25, 0.3) is 11.8 Å². The fraction of sp³-hybridized carbons (Fsp3) is 0.0417. The lowest BCUT2D eigenvalue weighted by atomic mass is 10.1. The highest BCUT2D eigenvalue weighted by Gasteiger charge is 2.13. The van der Waals surface area contributed by atoms with Crippen LogP contribution in [-0.2, 0) is 9.59 Å². The Morgan fingerprint density at radius 3 is 2.33 bits per heavy atom. The van der Waals surface area contributed by atoms with E-state index in [9.17, 15) is 14.9 Å². The van der Waals surface area contributed by atoms with Crippen molar-refractivity contribution in [2.75, 3.05) is 17.2 Å². The van der Waals surface area contributed by atoms with Gasteiger partial charge < -0.3 is 15.4 Å². The van der Waals surface area contributed by atoms with Gasteiger partial charge in [0, 0.05) is 21.3 Å². The van der Waals surface area contributed by atoms with Crippen LogP contribution in [0, 0.1) is 11.3 Å². The van der Waals surface area contributed by atoms with E-state index in [1.54, 1.807) is 60.7 Å². The molecule has 0 aromatic heterocycles. The second-order valence-electron chi connectivity index (χ2n) is 6.63.